The normalized spacial score (nSPS) is 10.7. The van der Waals surface area contributed by atoms with Crippen LogP contribution in [-0.4, -0.2) is 32.7 Å². The highest BCUT2D eigenvalue weighted by Crippen LogP contribution is 2.20. The Bertz CT molecular complexity index is 800. The fourth-order valence-electron chi connectivity index (χ4n) is 1.82. The molecule has 20 heavy (non-hydrogen) atoms. The summed E-state index contributed by atoms with van der Waals surface area (Å²) in [6.45, 7) is 0. The molecule has 0 saturated heterocycles. The van der Waals surface area contributed by atoms with E-state index in [4.69, 9.17) is 0 Å². The largest absolute Gasteiger partial charge is 0.464 e. The molecule has 0 bridgehead atoms. The van der Waals surface area contributed by atoms with Crippen molar-refractivity contribution in [3.8, 4) is 11.5 Å². The second kappa shape index (κ2) is 4.69. The van der Waals surface area contributed by atoms with Gasteiger partial charge in [-0.2, -0.15) is 0 Å². The minimum absolute atomic E-state index is 0.0107. The standard InChI is InChI=1S/C13H9FN4O2/c1-20-13(19)9-6-5-8(14)11(15-9)12-17-16-10-4-2-3-7-18(10)12/h2-7H,1H3. The van der Waals surface area contributed by atoms with Crippen LogP contribution in [0, 0.1) is 5.82 Å². The van der Waals surface area contributed by atoms with Gasteiger partial charge in [-0.15, -0.1) is 10.2 Å². The van der Waals surface area contributed by atoms with Crippen LogP contribution in [-0.2, 0) is 4.74 Å². The summed E-state index contributed by atoms with van der Waals surface area (Å²) in [5, 5.41) is 7.83. The lowest BCUT2D eigenvalue weighted by molar-refractivity contribution is 0.0594. The van der Waals surface area contributed by atoms with Gasteiger partial charge in [-0.3, -0.25) is 4.40 Å². The van der Waals surface area contributed by atoms with E-state index in [1.165, 1.54) is 13.2 Å². The zero-order chi connectivity index (χ0) is 14.1. The number of rotatable bonds is 2. The maximum atomic E-state index is 13.9. The highest BCUT2D eigenvalue weighted by atomic mass is 19.1. The average Bonchev–Trinajstić information content (AvgIpc) is 2.91. The van der Waals surface area contributed by atoms with E-state index >= 15 is 0 Å². The van der Waals surface area contributed by atoms with Gasteiger partial charge in [0.05, 0.1) is 7.11 Å². The van der Waals surface area contributed by atoms with Crippen LogP contribution >= 0.6 is 0 Å². The third-order valence-corrected chi connectivity index (χ3v) is 2.77. The molecule has 100 valence electrons. The van der Waals surface area contributed by atoms with Gasteiger partial charge in [0.15, 0.2) is 17.3 Å². The molecule has 6 nitrogen and oxygen atoms in total. The SMILES string of the molecule is COC(=O)c1ccc(F)c(-c2nnc3ccccn23)n1. The van der Waals surface area contributed by atoms with Gasteiger partial charge in [0, 0.05) is 6.20 Å². The van der Waals surface area contributed by atoms with Gasteiger partial charge >= 0.3 is 5.97 Å². The Kier molecular flexibility index (Phi) is 2.86. The smallest absolute Gasteiger partial charge is 0.356 e. The summed E-state index contributed by atoms with van der Waals surface area (Å²) in [6, 6.07) is 7.70. The summed E-state index contributed by atoms with van der Waals surface area (Å²) in [7, 11) is 1.24. The second-order valence-corrected chi connectivity index (χ2v) is 3.97. The van der Waals surface area contributed by atoms with Gasteiger partial charge < -0.3 is 4.74 Å². The number of carbonyl (C=O) groups excluding carboxylic acids is 1. The monoisotopic (exact) mass is 272 g/mol. The van der Waals surface area contributed by atoms with Gasteiger partial charge in [-0.1, -0.05) is 6.07 Å². The van der Waals surface area contributed by atoms with Gasteiger partial charge in [0.2, 0.25) is 0 Å². The Hall–Kier alpha value is -2.83. The minimum Gasteiger partial charge on any atom is -0.464 e. The molecule has 3 heterocycles. The third-order valence-electron chi connectivity index (χ3n) is 2.77. The lowest BCUT2D eigenvalue weighted by atomic mass is 10.2. The molecule has 3 aromatic rings. The fourth-order valence-corrected chi connectivity index (χ4v) is 1.82. The van der Waals surface area contributed by atoms with Crippen LogP contribution in [0.1, 0.15) is 10.5 Å². The van der Waals surface area contributed by atoms with Crippen LogP contribution in [0.5, 0.6) is 0 Å². The van der Waals surface area contributed by atoms with E-state index in [1.54, 1.807) is 28.8 Å². The number of carbonyl (C=O) groups is 1. The molecule has 0 aromatic carbocycles. The molecule has 0 radical (unpaired) electrons. The van der Waals surface area contributed by atoms with Crippen molar-refractivity contribution in [1.29, 1.82) is 0 Å². The Morgan fingerprint density at radius 2 is 2.10 bits per heavy atom. The molecule has 0 spiro atoms. The number of hydrogen-bond donors (Lipinski definition) is 0. The molecule has 7 heteroatoms. The number of methoxy groups -OCH3 is 1. The molecule has 0 aliphatic rings. The second-order valence-electron chi connectivity index (χ2n) is 3.97. The summed E-state index contributed by atoms with van der Waals surface area (Å²) in [6.07, 6.45) is 1.69. The molecule has 0 atom stereocenters. The Morgan fingerprint density at radius 1 is 1.25 bits per heavy atom. The zero-order valence-corrected chi connectivity index (χ0v) is 10.4. The first-order valence-electron chi connectivity index (χ1n) is 5.75. The minimum atomic E-state index is -0.639. The maximum Gasteiger partial charge on any atom is 0.356 e. The molecule has 0 unspecified atom stereocenters. The predicted molar refractivity (Wildman–Crippen MR) is 67.5 cm³/mol. The third kappa shape index (κ3) is 1.89. The number of ether oxygens (including phenoxy) is 1. The van der Waals surface area contributed by atoms with E-state index in [1.807, 2.05) is 0 Å². The van der Waals surface area contributed by atoms with E-state index in [0.29, 0.717) is 5.65 Å². The number of halogens is 1. The first-order valence-corrected chi connectivity index (χ1v) is 5.75. The summed E-state index contributed by atoms with van der Waals surface area (Å²) >= 11 is 0. The summed E-state index contributed by atoms with van der Waals surface area (Å²) in [4.78, 5) is 15.4. The molecule has 0 N–H and O–H groups in total. The number of esters is 1. The van der Waals surface area contributed by atoms with E-state index in [9.17, 15) is 9.18 Å². The Morgan fingerprint density at radius 3 is 2.90 bits per heavy atom. The van der Waals surface area contributed by atoms with E-state index in [2.05, 4.69) is 19.9 Å². The first-order chi connectivity index (χ1) is 9.70. The van der Waals surface area contributed by atoms with Crippen LogP contribution < -0.4 is 0 Å². The lowest BCUT2D eigenvalue weighted by Gasteiger charge is -2.03. The lowest BCUT2D eigenvalue weighted by Crippen LogP contribution is -2.06. The van der Waals surface area contributed by atoms with Crippen molar-refractivity contribution in [3.63, 3.8) is 0 Å². The Balaban J connectivity index is 2.21. The number of hydrogen-bond acceptors (Lipinski definition) is 5. The number of fused-ring (bicyclic) bond motifs is 1. The summed E-state index contributed by atoms with van der Waals surface area (Å²) in [5.41, 5.74) is 0.523. The van der Waals surface area contributed by atoms with Crippen LogP contribution in [0.2, 0.25) is 0 Å². The van der Waals surface area contributed by atoms with Crippen molar-refractivity contribution in [2.24, 2.45) is 0 Å². The van der Waals surface area contributed by atoms with Crippen LogP contribution in [0.4, 0.5) is 4.39 Å². The molecule has 0 aliphatic carbocycles. The van der Waals surface area contributed by atoms with Crippen LogP contribution in [0.15, 0.2) is 36.5 Å². The number of pyridine rings is 2. The first kappa shape index (κ1) is 12.2. The Labute approximate surface area is 112 Å². The average molecular weight is 272 g/mol. The molecular formula is C13H9FN4O2. The highest BCUT2D eigenvalue weighted by Gasteiger charge is 2.17. The predicted octanol–water partition coefficient (Wildman–Crippen LogP) is 1.72. The maximum absolute atomic E-state index is 13.9. The van der Waals surface area contributed by atoms with Crippen molar-refractivity contribution in [2.75, 3.05) is 7.11 Å². The molecule has 0 amide bonds. The quantitative estimate of drug-likeness (QED) is 0.664. The van der Waals surface area contributed by atoms with Crippen LogP contribution in [0.25, 0.3) is 17.2 Å². The van der Waals surface area contributed by atoms with Crippen molar-refractivity contribution in [3.05, 3.63) is 48.0 Å². The van der Waals surface area contributed by atoms with Gasteiger partial charge in [-0.05, 0) is 24.3 Å². The van der Waals surface area contributed by atoms with Gasteiger partial charge in [0.1, 0.15) is 11.4 Å². The molecule has 3 aromatic heterocycles. The number of nitrogens with zero attached hydrogens (tertiary/aromatic N) is 4. The molecule has 0 aliphatic heterocycles. The van der Waals surface area contributed by atoms with Crippen molar-refractivity contribution < 1.29 is 13.9 Å². The van der Waals surface area contributed by atoms with Gasteiger partial charge in [-0.25, -0.2) is 14.2 Å². The zero-order valence-electron chi connectivity index (χ0n) is 10.4. The topological polar surface area (TPSA) is 69.4 Å². The van der Waals surface area contributed by atoms with E-state index in [-0.39, 0.29) is 17.2 Å². The fraction of sp³-hybridized carbons (Fsp3) is 0.0769. The highest BCUT2D eigenvalue weighted by molar-refractivity contribution is 5.87. The molecule has 0 fully saturated rings. The van der Waals surface area contributed by atoms with Crippen molar-refractivity contribution in [2.45, 2.75) is 0 Å². The van der Waals surface area contributed by atoms with Crippen LogP contribution in [0.3, 0.4) is 0 Å². The van der Waals surface area contributed by atoms with Crippen molar-refractivity contribution in [1.82, 2.24) is 19.6 Å². The molecule has 0 saturated carbocycles. The summed E-state index contributed by atoms with van der Waals surface area (Å²) < 4.78 is 20.1. The molecule has 3 rings (SSSR count). The number of aromatic nitrogens is 4. The van der Waals surface area contributed by atoms with E-state index < -0.39 is 11.8 Å². The van der Waals surface area contributed by atoms with Gasteiger partial charge in [0.25, 0.3) is 0 Å². The summed E-state index contributed by atoms with van der Waals surface area (Å²) in [5.74, 6) is -1.00. The van der Waals surface area contributed by atoms with Crippen molar-refractivity contribution >= 4 is 11.6 Å². The molecular weight excluding hydrogens is 263 g/mol. The van der Waals surface area contributed by atoms with E-state index in [0.717, 1.165) is 6.07 Å².